The predicted octanol–water partition coefficient (Wildman–Crippen LogP) is 2.13. The summed E-state index contributed by atoms with van der Waals surface area (Å²) in [4.78, 5) is 0. The quantitative estimate of drug-likeness (QED) is 0.558. The maximum Gasteiger partial charge on any atom is 0.139 e. The second-order valence-electron chi connectivity index (χ2n) is 5.37. The molecule has 0 unspecified atom stereocenters. The summed E-state index contributed by atoms with van der Waals surface area (Å²) in [5.74, 6) is 0. The maximum atomic E-state index is 3.65. The first kappa shape index (κ1) is 13.9. The highest BCUT2D eigenvalue weighted by Crippen LogP contribution is 2.28. The van der Waals surface area contributed by atoms with Gasteiger partial charge in [0, 0.05) is 6.54 Å². The van der Waals surface area contributed by atoms with Crippen molar-refractivity contribution in [1.82, 2.24) is 5.32 Å². The van der Waals surface area contributed by atoms with Crippen molar-refractivity contribution in [3.8, 4) is 0 Å². The molecule has 0 atom stereocenters. The van der Waals surface area contributed by atoms with E-state index in [1.807, 2.05) is 0 Å². The second kappa shape index (κ2) is 6.53. The van der Waals surface area contributed by atoms with Crippen LogP contribution in [-0.4, -0.2) is 14.4 Å². The van der Waals surface area contributed by atoms with Crippen molar-refractivity contribution < 1.29 is 0 Å². The number of benzene rings is 1. The summed E-state index contributed by atoms with van der Waals surface area (Å²) in [7, 11) is 2.14. The minimum Gasteiger partial charge on any atom is -0.391 e. The van der Waals surface area contributed by atoms with Crippen LogP contribution in [0.2, 0.25) is 0 Å². The smallest absolute Gasteiger partial charge is 0.139 e. The monoisotopic (exact) mass is 229 g/mol. The highest BCUT2D eigenvalue weighted by atomic mass is 14.8. The van der Waals surface area contributed by atoms with E-state index in [4.69, 9.17) is 0 Å². The lowest BCUT2D eigenvalue weighted by Crippen LogP contribution is -2.18. The van der Waals surface area contributed by atoms with Gasteiger partial charge in [0.1, 0.15) is 7.85 Å². The van der Waals surface area contributed by atoms with E-state index < -0.39 is 0 Å². The fourth-order valence-corrected chi connectivity index (χ4v) is 2.05. The van der Waals surface area contributed by atoms with E-state index in [9.17, 15) is 0 Å². The van der Waals surface area contributed by atoms with Crippen molar-refractivity contribution in [1.29, 1.82) is 0 Å². The average molecular weight is 229 g/mol. The molecule has 0 amide bonds. The van der Waals surface area contributed by atoms with Gasteiger partial charge in [0.05, 0.1) is 0 Å². The van der Waals surface area contributed by atoms with Gasteiger partial charge in [0.15, 0.2) is 0 Å². The zero-order valence-electron chi connectivity index (χ0n) is 11.4. The zero-order valence-corrected chi connectivity index (χ0v) is 11.4. The third-order valence-corrected chi connectivity index (χ3v) is 3.35. The van der Waals surface area contributed by atoms with Crippen LogP contribution in [0.15, 0.2) is 37.0 Å². The number of unbranched alkanes of at least 4 members (excludes halogenated alkanes) is 1. The molecule has 0 aromatic heterocycles. The standard InChI is InChI=1S/C15H24BN/c1-4-17-12-6-5-11-15(2,3)13-7-9-14(16)10-8-13/h4,7-10,17H,1,5-6,11-12,16H2,2-3H3. The summed E-state index contributed by atoms with van der Waals surface area (Å²) in [6.45, 7) is 9.35. The molecule has 0 radical (unpaired) electrons. The van der Waals surface area contributed by atoms with Crippen molar-refractivity contribution in [3.63, 3.8) is 0 Å². The predicted molar refractivity (Wildman–Crippen MR) is 79.7 cm³/mol. The molecule has 0 aliphatic heterocycles. The minimum absolute atomic E-state index is 0.280. The Hall–Kier alpha value is -1.18. The minimum atomic E-state index is 0.280. The van der Waals surface area contributed by atoms with Gasteiger partial charge in [-0.15, -0.1) is 0 Å². The van der Waals surface area contributed by atoms with Gasteiger partial charge in [-0.05, 0) is 30.0 Å². The second-order valence-corrected chi connectivity index (χ2v) is 5.37. The van der Waals surface area contributed by atoms with Crippen LogP contribution in [0.3, 0.4) is 0 Å². The third-order valence-electron chi connectivity index (χ3n) is 3.35. The van der Waals surface area contributed by atoms with Crippen LogP contribution in [-0.2, 0) is 5.41 Å². The van der Waals surface area contributed by atoms with E-state index in [1.54, 1.807) is 6.20 Å². The third kappa shape index (κ3) is 4.68. The van der Waals surface area contributed by atoms with Gasteiger partial charge >= 0.3 is 0 Å². The van der Waals surface area contributed by atoms with Crippen LogP contribution in [0.4, 0.5) is 0 Å². The lowest BCUT2D eigenvalue weighted by molar-refractivity contribution is 0.450. The SMILES string of the molecule is Bc1ccc(C(C)(C)CCCCNC=C)cc1. The van der Waals surface area contributed by atoms with Crippen LogP contribution in [0, 0.1) is 0 Å². The summed E-state index contributed by atoms with van der Waals surface area (Å²) in [6, 6.07) is 8.93. The molecular formula is C15H24BN. The van der Waals surface area contributed by atoms with Crippen LogP contribution >= 0.6 is 0 Å². The molecule has 1 rings (SSSR count). The molecule has 0 saturated heterocycles. The zero-order chi connectivity index (χ0) is 12.7. The molecular weight excluding hydrogens is 205 g/mol. The van der Waals surface area contributed by atoms with Gasteiger partial charge in [-0.3, -0.25) is 0 Å². The van der Waals surface area contributed by atoms with E-state index in [2.05, 4.69) is 57.9 Å². The largest absolute Gasteiger partial charge is 0.391 e. The Morgan fingerprint density at radius 3 is 2.47 bits per heavy atom. The first-order valence-corrected chi connectivity index (χ1v) is 6.48. The van der Waals surface area contributed by atoms with Gasteiger partial charge in [-0.1, -0.05) is 56.6 Å². The first-order chi connectivity index (χ1) is 8.06. The summed E-state index contributed by atoms with van der Waals surface area (Å²) in [5.41, 5.74) is 3.06. The van der Waals surface area contributed by atoms with Crippen molar-refractivity contribution >= 4 is 13.3 Å². The van der Waals surface area contributed by atoms with Crippen LogP contribution in [0.1, 0.15) is 38.7 Å². The Labute approximate surface area is 107 Å². The van der Waals surface area contributed by atoms with Gasteiger partial charge in [0.2, 0.25) is 0 Å². The van der Waals surface area contributed by atoms with Gasteiger partial charge in [-0.25, -0.2) is 0 Å². The molecule has 0 spiro atoms. The van der Waals surface area contributed by atoms with Crippen molar-refractivity contribution in [2.24, 2.45) is 0 Å². The molecule has 1 nitrogen and oxygen atoms in total. The van der Waals surface area contributed by atoms with Gasteiger partial charge in [-0.2, -0.15) is 0 Å². The van der Waals surface area contributed by atoms with E-state index in [-0.39, 0.29) is 5.41 Å². The molecule has 92 valence electrons. The Bertz CT molecular complexity index is 340. The molecule has 0 fully saturated rings. The number of nitrogens with one attached hydrogen (secondary N) is 1. The lowest BCUT2D eigenvalue weighted by Gasteiger charge is -2.25. The Morgan fingerprint density at radius 1 is 1.24 bits per heavy atom. The number of hydrogen-bond acceptors (Lipinski definition) is 1. The Morgan fingerprint density at radius 2 is 1.88 bits per heavy atom. The van der Waals surface area contributed by atoms with Crippen molar-refractivity contribution in [2.45, 2.75) is 38.5 Å². The first-order valence-electron chi connectivity index (χ1n) is 6.48. The summed E-state index contributed by atoms with van der Waals surface area (Å²) in [6.07, 6.45) is 5.46. The van der Waals surface area contributed by atoms with Crippen LogP contribution in [0.5, 0.6) is 0 Å². The Balaban J connectivity index is 2.44. The fourth-order valence-electron chi connectivity index (χ4n) is 2.05. The average Bonchev–Trinajstić information content (AvgIpc) is 2.29. The molecule has 0 aliphatic rings. The lowest BCUT2D eigenvalue weighted by atomic mass is 9.79. The number of rotatable bonds is 7. The van der Waals surface area contributed by atoms with E-state index in [0.29, 0.717) is 0 Å². The van der Waals surface area contributed by atoms with E-state index >= 15 is 0 Å². The van der Waals surface area contributed by atoms with Crippen molar-refractivity contribution in [2.75, 3.05) is 6.54 Å². The Kier molecular flexibility index (Phi) is 5.34. The molecule has 2 heteroatoms. The molecule has 0 heterocycles. The summed E-state index contributed by atoms with van der Waals surface area (Å²) in [5, 5.41) is 3.15. The van der Waals surface area contributed by atoms with Crippen LogP contribution in [0.25, 0.3) is 0 Å². The highest BCUT2D eigenvalue weighted by molar-refractivity contribution is 6.32. The molecule has 0 bridgehead atoms. The van der Waals surface area contributed by atoms with E-state index in [1.165, 1.54) is 30.3 Å². The summed E-state index contributed by atoms with van der Waals surface area (Å²) < 4.78 is 0. The highest BCUT2D eigenvalue weighted by Gasteiger charge is 2.19. The van der Waals surface area contributed by atoms with Crippen molar-refractivity contribution in [3.05, 3.63) is 42.6 Å². The number of hydrogen-bond donors (Lipinski definition) is 1. The fraction of sp³-hybridized carbons (Fsp3) is 0.467. The van der Waals surface area contributed by atoms with Crippen LogP contribution < -0.4 is 10.8 Å². The molecule has 1 aromatic rings. The molecule has 17 heavy (non-hydrogen) atoms. The normalized spacial score (nSPS) is 11.2. The van der Waals surface area contributed by atoms with Gasteiger partial charge < -0.3 is 5.32 Å². The topological polar surface area (TPSA) is 12.0 Å². The molecule has 0 saturated carbocycles. The van der Waals surface area contributed by atoms with E-state index in [0.717, 1.165) is 6.54 Å². The molecule has 1 N–H and O–H groups in total. The van der Waals surface area contributed by atoms with Gasteiger partial charge in [0.25, 0.3) is 0 Å². The molecule has 0 aliphatic carbocycles. The summed E-state index contributed by atoms with van der Waals surface area (Å²) >= 11 is 0. The maximum absolute atomic E-state index is 3.65. The molecule has 1 aromatic carbocycles.